The van der Waals surface area contributed by atoms with E-state index in [9.17, 15) is 5.11 Å². The zero-order valence-corrected chi connectivity index (χ0v) is 12.1. The molecule has 100 valence electrons. The molecular formula is C14H21BrN2O. The summed E-state index contributed by atoms with van der Waals surface area (Å²) in [5.41, 5.74) is 7.21. The van der Waals surface area contributed by atoms with Crippen molar-refractivity contribution >= 4 is 15.9 Å². The van der Waals surface area contributed by atoms with E-state index in [1.54, 1.807) is 0 Å². The molecule has 0 saturated carbocycles. The number of hydrogen-bond donors (Lipinski definition) is 2. The highest BCUT2D eigenvalue weighted by molar-refractivity contribution is 9.10. The zero-order valence-electron chi connectivity index (χ0n) is 10.6. The lowest BCUT2D eigenvalue weighted by Gasteiger charge is -2.37. The number of nitrogens with zero attached hydrogens (tertiary/aromatic N) is 1. The van der Waals surface area contributed by atoms with Crippen LogP contribution < -0.4 is 5.73 Å². The van der Waals surface area contributed by atoms with Gasteiger partial charge >= 0.3 is 0 Å². The van der Waals surface area contributed by atoms with E-state index in [0.717, 1.165) is 30.4 Å². The van der Waals surface area contributed by atoms with Gasteiger partial charge in [0.15, 0.2) is 0 Å². The summed E-state index contributed by atoms with van der Waals surface area (Å²) in [7, 11) is 0. The van der Waals surface area contributed by atoms with Gasteiger partial charge in [-0.2, -0.15) is 0 Å². The van der Waals surface area contributed by atoms with Crippen molar-refractivity contribution in [1.29, 1.82) is 0 Å². The van der Waals surface area contributed by atoms with Crippen LogP contribution in [-0.4, -0.2) is 36.2 Å². The van der Waals surface area contributed by atoms with Crippen LogP contribution in [0, 0.1) is 5.92 Å². The first-order valence-electron chi connectivity index (χ1n) is 6.55. The van der Waals surface area contributed by atoms with Gasteiger partial charge in [-0.1, -0.05) is 28.1 Å². The van der Waals surface area contributed by atoms with Crippen LogP contribution in [0.2, 0.25) is 0 Å². The molecule has 1 aliphatic rings. The monoisotopic (exact) mass is 312 g/mol. The molecule has 4 heteroatoms. The second kappa shape index (κ2) is 6.66. The molecule has 0 aliphatic carbocycles. The van der Waals surface area contributed by atoms with Gasteiger partial charge in [0.05, 0.1) is 0 Å². The molecule has 18 heavy (non-hydrogen) atoms. The number of hydrogen-bond acceptors (Lipinski definition) is 3. The van der Waals surface area contributed by atoms with Crippen LogP contribution in [0.1, 0.15) is 24.4 Å². The van der Waals surface area contributed by atoms with E-state index < -0.39 is 0 Å². The first-order valence-corrected chi connectivity index (χ1v) is 7.34. The molecule has 0 amide bonds. The Bertz CT molecular complexity index is 386. The Balaban J connectivity index is 2.12. The third-order valence-electron chi connectivity index (χ3n) is 3.71. The largest absolute Gasteiger partial charge is 0.396 e. The summed E-state index contributed by atoms with van der Waals surface area (Å²) >= 11 is 3.51. The molecule has 3 nitrogen and oxygen atoms in total. The van der Waals surface area contributed by atoms with E-state index in [4.69, 9.17) is 5.73 Å². The van der Waals surface area contributed by atoms with Gasteiger partial charge in [-0.3, -0.25) is 4.90 Å². The molecular weight excluding hydrogens is 292 g/mol. The van der Waals surface area contributed by atoms with E-state index in [0.29, 0.717) is 12.5 Å². The fourth-order valence-electron chi connectivity index (χ4n) is 2.74. The molecule has 3 N–H and O–H groups in total. The van der Waals surface area contributed by atoms with Gasteiger partial charge in [-0.25, -0.2) is 0 Å². The van der Waals surface area contributed by atoms with E-state index in [-0.39, 0.29) is 12.6 Å². The molecule has 2 atom stereocenters. The summed E-state index contributed by atoms with van der Waals surface area (Å²) in [6.07, 6.45) is 2.28. The van der Waals surface area contributed by atoms with Crippen LogP contribution in [0.4, 0.5) is 0 Å². The van der Waals surface area contributed by atoms with Crippen molar-refractivity contribution < 1.29 is 5.11 Å². The molecule has 2 rings (SSSR count). The van der Waals surface area contributed by atoms with Gasteiger partial charge in [-0.05, 0) is 43.0 Å². The van der Waals surface area contributed by atoms with Gasteiger partial charge in [0.1, 0.15) is 0 Å². The molecule has 1 aliphatic heterocycles. The molecule has 1 fully saturated rings. The van der Waals surface area contributed by atoms with E-state index >= 15 is 0 Å². The lowest BCUT2D eigenvalue weighted by atomic mass is 9.95. The van der Waals surface area contributed by atoms with Crippen molar-refractivity contribution in [2.75, 3.05) is 26.2 Å². The number of rotatable bonds is 4. The molecule has 2 unspecified atom stereocenters. The minimum absolute atomic E-state index is 0.261. The fraction of sp³-hybridized carbons (Fsp3) is 0.571. The fourth-order valence-corrected chi connectivity index (χ4v) is 3.16. The third-order valence-corrected chi connectivity index (χ3v) is 4.20. The molecule has 1 heterocycles. The first-order chi connectivity index (χ1) is 8.74. The smallest absolute Gasteiger partial charge is 0.0471 e. The van der Waals surface area contributed by atoms with Crippen molar-refractivity contribution in [1.82, 2.24) is 4.90 Å². The van der Waals surface area contributed by atoms with E-state index in [2.05, 4.69) is 39.0 Å². The highest BCUT2D eigenvalue weighted by Crippen LogP contribution is 2.27. The predicted octanol–water partition coefficient (Wildman–Crippen LogP) is 2.15. The number of benzene rings is 1. The second-order valence-electron chi connectivity index (χ2n) is 4.99. The molecule has 1 aromatic rings. The maximum absolute atomic E-state index is 9.31. The Labute approximate surface area is 117 Å². The SMILES string of the molecule is NCC(c1cccc(Br)c1)N1CCCC(CO)C1. The summed E-state index contributed by atoms with van der Waals surface area (Å²) in [6, 6.07) is 8.61. The molecule has 0 aromatic heterocycles. The second-order valence-corrected chi connectivity index (χ2v) is 5.91. The van der Waals surface area contributed by atoms with Crippen LogP contribution >= 0.6 is 15.9 Å². The van der Waals surface area contributed by atoms with Crippen LogP contribution in [0.3, 0.4) is 0 Å². The molecule has 1 saturated heterocycles. The predicted molar refractivity (Wildman–Crippen MR) is 77.3 cm³/mol. The number of likely N-dealkylation sites (tertiary alicyclic amines) is 1. The van der Waals surface area contributed by atoms with Crippen LogP contribution in [-0.2, 0) is 0 Å². The topological polar surface area (TPSA) is 49.5 Å². The minimum atomic E-state index is 0.261. The van der Waals surface area contributed by atoms with Crippen LogP contribution in [0.25, 0.3) is 0 Å². The van der Waals surface area contributed by atoms with Gasteiger partial charge in [0, 0.05) is 30.2 Å². The summed E-state index contributed by atoms with van der Waals surface area (Å²) in [4.78, 5) is 2.41. The van der Waals surface area contributed by atoms with Crippen molar-refractivity contribution in [3.05, 3.63) is 34.3 Å². The van der Waals surface area contributed by atoms with E-state index in [1.165, 1.54) is 5.56 Å². The number of piperidine rings is 1. The maximum Gasteiger partial charge on any atom is 0.0471 e. The maximum atomic E-state index is 9.31. The Hall–Kier alpha value is -0.420. The lowest BCUT2D eigenvalue weighted by molar-refractivity contribution is 0.0900. The number of nitrogens with two attached hydrogens (primary N) is 1. The van der Waals surface area contributed by atoms with Crippen molar-refractivity contribution in [3.8, 4) is 0 Å². The number of aliphatic hydroxyl groups is 1. The molecule has 0 spiro atoms. The quantitative estimate of drug-likeness (QED) is 0.895. The zero-order chi connectivity index (χ0) is 13.0. The summed E-state index contributed by atoms with van der Waals surface area (Å²) in [6.45, 7) is 2.93. The van der Waals surface area contributed by atoms with E-state index in [1.807, 2.05) is 6.07 Å². The molecule has 1 aromatic carbocycles. The van der Waals surface area contributed by atoms with Gasteiger partial charge < -0.3 is 10.8 Å². The highest BCUT2D eigenvalue weighted by atomic mass is 79.9. The minimum Gasteiger partial charge on any atom is -0.396 e. The average Bonchev–Trinajstić information content (AvgIpc) is 2.40. The van der Waals surface area contributed by atoms with Crippen molar-refractivity contribution in [2.45, 2.75) is 18.9 Å². The summed E-state index contributed by atoms with van der Waals surface area (Å²) < 4.78 is 1.09. The normalized spacial score (nSPS) is 22.9. The number of halogens is 1. The Morgan fingerprint density at radius 1 is 1.50 bits per heavy atom. The Kier molecular flexibility index (Phi) is 5.18. The third kappa shape index (κ3) is 3.32. The first kappa shape index (κ1) is 14.0. The van der Waals surface area contributed by atoms with Crippen molar-refractivity contribution in [2.24, 2.45) is 11.7 Å². The van der Waals surface area contributed by atoms with Crippen molar-refractivity contribution in [3.63, 3.8) is 0 Å². The standard InChI is InChI=1S/C14H21BrN2O/c15-13-5-1-4-12(7-13)14(8-16)17-6-2-3-11(9-17)10-18/h1,4-5,7,11,14,18H,2-3,6,8-10,16H2. The van der Waals surface area contributed by atoms with Crippen LogP contribution in [0.5, 0.6) is 0 Å². The van der Waals surface area contributed by atoms with Gasteiger partial charge in [0.25, 0.3) is 0 Å². The Morgan fingerprint density at radius 3 is 3.00 bits per heavy atom. The lowest BCUT2D eigenvalue weighted by Crippen LogP contribution is -2.42. The molecule has 0 bridgehead atoms. The Morgan fingerprint density at radius 2 is 2.33 bits per heavy atom. The highest BCUT2D eigenvalue weighted by Gasteiger charge is 2.25. The summed E-state index contributed by atoms with van der Waals surface area (Å²) in [5.74, 6) is 0.403. The van der Waals surface area contributed by atoms with Gasteiger partial charge in [0.2, 0.25) is 0 Å². The van der Waals surface area contributed by atoms with Gasteiger partial charge in [-0.15, -0.1) is 0 Å². The summed E-state index contributed by atoms with van der Waals surface area (Å²) in [5, 5.41) is 9.31. The average molecular weight is 313 g/mol. The molecule has 0 radical (unpaired) electrons. The van der Waals surface area contributed by atoms with Crippen LogP contribution in [0.15, 0.2) is 28.7 Å². The number of aliphatic hydroxyl groups excluding tert-OH is 1.